The lowest BCUT2D eigenvalue weighted by Crippen LogP contribution is -2.61. The molecule has 0 aromatic heterocycles. The first kappa shape index (κ1) is 42.8. The molecule has 9 aromatic rings. The van der Waals surface area contributed by atoms with Crippen LogP contribution in [0.4, 0.5) is 51.2 Å². The van der Waals surface area contributed by atoms with Crippen LogP contribution >= 0.6 is 0 Å². The molecule has 0 bridgehead atoms. The highest BCUT2D eigenvalue weighted by atomic mass is 15.2. The normalized spacial score (nSPS) is 14.4. The van der Waals surface area contributed by atoms with Gasteiger partial charge in [0.1, 0.15) is 0 Å². The molecule has 3 nitrogen and oxygen atoms in total. The van der Waals surface area contributed by atoms with Crippen LogP contribution in [0.3, 0.4) is 0 Å². The second-order valence-corrected chi connectivity index (χ2v) is 21.8. The quantitative estimate of drug-likeness (QED) is 0.159. The SMILES string of the molecule is CC(C)(C)c1ccc2c(c1)B1c3cc(C(C)(C)C)ccc3N(c3c(-c4ccccc4)cccc3-c3ccccc3)c3cc(N4c5ccccc5C(C)(C)c5ccccc54)cc(c31)N2c1ccccc1. The van der Waals surface area contributed by atoms with Gasteiger partial charge in [0.2, 0.25) is 0 Å². The molecule has 0 N–H and O–H groups in total. The van der Waals surface area contributed by atoms with Crippen LogP contribution in [0.5, 0.6) is 0 Å². The molecule has 0 saturated heterocycles. The van der Waals surface area contributed by atoms with E-state index in [1.54, 1.807) is 0 Å². The highest BCUT2D eigenvalue weighted by molar-refractivity contribution is 7.00. The summed E-state index contributed by atoms with van der Waals surface area (Å²) in [6.45, 7) is 18.8. The van der Waals surface area contributed by atoms with Crippen molar-refractivity contribution >= 4 is 74.3 Å². The van der Waals surface area contributed by atoms with Gasteiger partial charge in [0.15, 0.2) is 0 Å². The molecule has 336 valence electrons. The summed E-state index contributed by atoms with van der Waals surface area (Å²) < 4.78 is 0. The van der Waals surface area contributed by atoms with Gasteiger partial charge in [-0.1, -0.05) is 213 Å². The number of nitrogens with zero attached hydrogens (tertiary/aromatic N) is 3. The zero-order valence-corrected chi connectivity index (χ0v) is 41.0. The molecule has 0 spiro atoms. The van der Waals surface area contributed by atoms with E-state index in [0.717, 1.165) is 11.4 Å². The smallest absolute Gasteiger partial charge is 0.252 e. The highest BCUT2D eigenvalue weighted by Gasteiger charge is 2.46. The van der Waals surface area contributed by atoms with Crippen LogP contribution in [0.15, 0.2) is 206 Å². The van der Waals surface area contributed by atoms with E-state index in [1.165, 1.54) is 101 Å². The Balaban J connectivity index is 1.27. The minimum absolute atomic E-state index is 0.0567. The predicted octanol–water partition coefficient (Wildman–Crippen LogP) is 15.8. The number of fused-ring (bicyclic) bond motifs is 6. The Labute approximate surface area is 409 Å². The molecule has 4 heteroatoms. The molecule has 0 atom stereocenters. The molecule has 3 aliphatic rings. The Bertz CT molecular complexity index is 3350. The van der Waals surface area contributed by atoms with E-state index in [1.807, 2.05) is 0 Å². The molecular weight excluding hydrogens is 834 g/mol. The highest BCUT2D eigenvalue weighted by Crippen LogP contribution is 2.56. The van der Waals surface area contributed by atoms with Gasteiger partial charge < -0.3 is 14.7 Å². The van der Waals surface area contributed by atoms with Crippen molar-refractivity contribution in [3.05, 3.63) is 229 Å². The van der Waals surface area contributed by atoms with Gasteiger partial charge in [-0.15, -0.1) is 0 Å². The number of para-hydroxylation sites is 4. The van der Waals surface area contributed by atoms with Crippen molar-refractivity contribution in [2.45, 2.75) is 71.6 Å². The van der Waals surface area contributed by atoms with E-state index in [9.17, 15) is 0 Å². The van der Waals surface area contributed by atoms with Crippen molar-refractivity contribution < 1.29 is 0 Å². The van der Waals surface area contributed by atoms with Crippen LogP contribution in [0.2, 0.25) is 0 Å². The maximum atomic E-state index is 2.65. The van der Waals surface area contributed by atoms with Crippen LogP contribution in [0.25, 0.3) is 22.3 Å². The lowest BCUT2D eigenvalue weighted by atomic mass is 9.33. The fourth-order valence-corrected chi connectivity index (χ4v) is 11.6. The third kappa shape index (κ3) is 6.78. The molecule has 69 heavy (non-hydrogen) atoms. The molecule has 0 amide bonds. The van der Waals surface area contributed by atoms with E-state index < -0.39 is 0 Å². The summed E-state index contributed by atoms with van der Waals surface area (Å²) in [5, 5.41) is 0. The number of benzene rings is 9. The van der Waals surface area contributed by atoms with Gasteiger partial charge in [-0.25, -0.2) is 0 Å². The fraction of sp³-hybridized carbons (Fsp3) is 0.169. The summed E-state index contributed by atoms with van der Waals surface area (Å²) in [7, 11) is 0. The summed E-state index contributed by atoms with van der Waals surface area (Å²) in [6.07, 6.45) is 0. The lowest BCUT2D eigenvalue weighted by Gasteiger charge is -2.47. The summed E-state index contributed by atoms with van der Waals surface area (Å²) in [5.41, 5.74) is 24.2. The van der Waals surface area contributed by atoms with Crippen molar-refractivity contribution in [1.82, 2.24) is 0 Å². The maximum Gasteiger partial charge on any atom is 0.252 e. The average molecular weight is 892 g/mol. The van der Waals surface area contributed by atoms with Crippen LogP contribution in [-0.4, -0.2) is 6.71 Å². The molecular formula is C65H58BN3. The summed E-state index contributed by atoms with van der Waals surface area (Å²) in [6, 6.07) is 77.7. The zero-order chi connectivity index (χ0) is 47.4. The Morgan fingerprint density at radius 3 is 1.28 bits per heavy atom. The van der Waals surface area contributed by atoms with E-state index in [4.69, 9.17) is 0 Å². The van der Waals surface area contributed by atoms with Crippen molar-refractivity contribution in [2.75, 3.05) is 14.7 Å². The van der Waals surface area contributed by atoms with Crippen LogP contribution in [0, 0.1) is 0 Å². The Hall–Kier alpha value is -7.56. The van der Waals surface area contributed by atoms with Crippen LogP contribution in [-0.2, 0) is 16.2 Å². The number of hydrogen-bond acceptors (Lipinski definition) is 3. The first-order valence-electron chi connectivity index (χ1n) is 24.6. The minimum atomic E-state index is -0.202. The van der Waals surface area contributed by atoms with Crippen molar-refractivity contribution in [3.8, 4) is 22.3 Å². The molecule has 9 aromatic carbocycles. The van der Waals surface area contributed by atoms with Gasteiger partial charge >= 0.3 is 0 Å². The third-order valence-electron chi connectivity index (χ3n) is 15.1. The van der Waals surface area contributed by atoms with Gasteiger partial charge in [-0.3, -0.25) is 0 Å². The predicted molar refractivity (Wildman–Crippen MR) is 296 cm³/mol. The second-order valence-electron chi connectivity index (χ2n) is 21.8. The average Bonchev–Trinajstić information content (AvgIpc) is 3.36. The Morgan fingerprint density at radius 2 is 0.783 bits per heavy atom. The van der Waals surface area contributed by atoms with Gasteiger partial charge in [0, 0.05) is 45.0 Å². The molecule has 0 saturated carbocycles. The van der Waals surface area contributed by atoms with E-state index in [2.05, 4.69) is 276 Å². The van der Waals surface area contributed by atoms with Crippen molar-refractivity contribution in [2.24, 2.45) is 0 Å². The van der Waals surface area contributed by atoms with Gasteiger partial charge in [0.05, 0.1) is 22.7 Å². The van der Waals surface area contributed by atoms with Gasteiger partial charge in [-0.2, -0.15) is 0 Å². The standard InChI is InChI=1S/C65H58BN3/c1-63(2,3)45-35-37-57-53(39-45)66-54-40-46(64(4,5)6)36-38-58(54)69(62-49(43-23-12-9-13-24-43)29-22-30-50(62)44-25-14-10-15-26-44)60-42-48(41-59(61(60)66)67(57)47-27-16-11-17-28-47)68-55-33-20-18-31-51(55)65(7,8)52-32-19-21-34-56(52)68/h9-42H,1-8H3. The largest absolute Gasteiger partial charge is 0.311 e. The molecule has 0 aliphatic carbocycles. The van der Waals surface area contributed by atoms with Crippen molar-refractivity contribution in [3.63, 3.8) is 0 Å². The molecule has 0 fully saturated rings. The van der Waals surface area contributed by atoms with E-state index in [0.29, 0.717) is 0 Å². The van der Waals surface area contributed by atoms with Gasteiger partial charge in [-0.05, 0) is 109 Å². The van der Waals surface area contributed by atoms with Crippen LogP contribution in [0.1, 0.15) is 77.6 Å². The van der Waals surface area contributed by atoms with E-state index in [-0.39, 0.29) is 23.0 Å². The molecule has 0 radical (unpaired) electrons. The van der Waals surface area contributed by atoms with Gasteiger partial charge in [0.25, 0.3) is 6.71 Å². The summed E-state index contributed by atoms with van der Waals surface area (Å²) in [5.74, 6) is 0. The van der Waals surface area contributed by atoms with Crippen LogP contribution < -0.4 is 31.1 Å². The topological polar surface area (TPSA) is 9.72 Å². The number of anilines is 9. The molecule has 3 heterocycles. The zero-order valence-electron chi connectivity index (χ0n) is 41.0. The summed E-state index contributed by atoms with van der Waals surface area (Å²) >= 11 is 0. The minimum Gasteiger partial charge on any atom is -0.311 e. The lowest BCUT2D eigenvalue weighted by molar-refractivity contribution is 0.590. The number of hydrogen-bond donors (Lipinski definition) is 0. The number of rotatable bonds is 5. The molecule has 12 rings (SSSR count). The first-order chi connectivity index (χ1) is 33.3. The maximum absolute atomic E-state index is 2.65. The second kappa shape index (κ2) is 15.8. The monoisotopic (exact) mass is 891 g/mol. The fourth-order valence-electron chi connectivity index (χ4n) is 11.6. The molecule has 0 unspecified atom stereocenters. The molecule has 3 aliphatic heterocycles. The Morgan fingerprint density at radius 1 is 0.362 bits per heavy atom. The third-order valence-corrected chi connectivity index (χ3v) is 15.1. The summed E-state index contributed by atoms with van der Waals surface area (Å²) in [4.78, 5) is 7.75. The Kier molecular flexibility index (Phi) is 9.77. The van der Waals surface area contributed by atoms with Crippen molar-refractivity contribution in [1.29, 1.82) is 0 Å². The first-order valence-corrected chi connectivity index (χ1v) is 24.6. The van der Waals surface area contributed by atoms with E-state index >= 15 is 0 Å².